The van der Waals surface area contributed by atoms with E-state index in [9.17, 15) is 19.8 Å². The minimum absolute atomic E-state index is 0. The van der Waals surface area contributed by atoms with Crippen LogP contribution in [0.3, 0.4) is 0 Å². The second-order valence-electron chi connectivity index (χ2n) is 3.75. The maximum absolute atomic E-state index is 11.3. The first kappa shape index (κ1) is 22.6. The number of aliphatic carboxylic acids is 2. The van der Waals surface area contributed by atoms with E-state index in [4.69, 9.17) is 0 Å². The molecule has 0 aliphatic heterocycles. The van der Waals surface area contributed by atoms with Crippen LogP contribution in [0.2, 0.25) is 0 Å². The summed E-state index contributed by atoms with van der Waals surface area (Å²) in [5.74, 6) is -2.53. The first-order chi connectivity index (χ1) is 7.47. The van der Waals surface area contributed by atoms with Gasteiger partial charge in [-0.05, 0) is 19.5 Å². The summed E-state index contributed by atoms with van der Waals surface area (Å²) in [5, 5.41) is 18.5. The molecular weight excluding hydrogens is 281 g/mol. The molecule has 0 atom stereocenters. The standard InChI is InChI=1S/C11H21NO4.2ClH/c1-4-7-8-11(9(13)14,10(15)16)12(5-2)6-3;;/h4-8H2,1-3H3,(H,13,14)(H,15,16);2*1H. The van der Waals surface area contributed by atoms with Crippen LogP contribution in [0.15, 0.2) is 0 Å². The first-order valence-electron chi connectivity index (χ1n) is 5.69. The predicted octanol–water partition coefficient (Wildman–Crippen LogP) is 2.27. The van der Waals surface area contributed by atoms with E-state index in [1.165, 1.54) is 4.90 Å². The van der Waals surface area contributed by atoms with Crippen molar-refractivity contribution in [2.45, 2.75) is 45.6 Å². The number of unbranched alkanes of at least 4 members (excludes halogenated alkanes) is 1. The average molecular weight is 304 g/mol. The molecule has 2 N–H and O–H groups in total. The summed E-state index contributed by atoms with van der Waals surface area (Å²) < 4.78 is 0. The van der Waals surface area contributed by atoms with Crippen molar-refractivity contribution in [3.63, 3.8) is 0 Å². The highest BCUT2D eigenvalue weighted by Crippen LogP contribution is 2.23. The third kappa shape index (κ3) is 4.63. The van der Waals surface area contributed by atoms with E-state index in [1.54, 1.807) is 13.8 Å². The largest absolute Gasteiger partial charge is 0.479 e. The summed E-state index contributed by atoms with van der Waals surface area (Å²) in [5.41, 5.74) is -1.76. The average Bonchev–Trinajstić information content (AvgIpc) is 2.23. The minimum atomic E-state index is -1.76. The van der Waals surface area contributed by atoms with Gasteiger partial charge < -0.3 is 10.2 Å². The maximum Gasteiger partial charge on any atom is 0.335 e. The van der Waals surface area contributed by atoms with Gasteiger partial charge in [0, 0.05) is 0 Å². The van der Waals surface area contributed by atoms with Gasteiger partial charge in [0.15, 0.2) is 0 Å². The van der Waals surface area contributed by atoms with Crippen molar-refractivity contribution in [1.29, 1.82) is 0 Å². The van der Waals surface area contributed by atoms with E-state index >= 15 is 0 Å². The van der Waals surface area contributed by atoms with Crippen molar-refractivity contribution in [3.8, 4) is 0 Å². The number of carbonyl (C=O) groups is 2. The smallest absolute Gasteiger partial charge is 0.335 e. The van der Waals surface area contributed by atoms with Gasteiger partial charge in [-0.3, -0.25) is 4.90 Å². The second kappa shape index (κ2) is 10.4. The van der Waals surface area contributed by atoms with E-state index in [2.05, 4.69) is 0 Å². The molecule has 0 saturated heterocycles. The lowest BCUT2D eigenvalue weighted by Crippen LogP contribution is -2.60. The van der Waals surface area contributed by atoms with Gasteiger partial charge in [-0.25, -0.2) is 9.59 Å². The zero-order valence-corrected chi connectivity index (χ0v) is 12.6. The van der Waals surface area contributed by atoms with Gasteiger partial charge in [0.25, 0.3) is 0 Å². The van der Waals surface area contributed by atoms with Gasteiger partial charge in [0.2, 0.25) is 5.54 Å². The van der Waals surface area contributed by atoms with E-state index in [-0.39, 0.29) is 31.2 Å². The van der Waals surface area contributed by atoms with Gasteiger partial charge in [-0.1, -0.05) is 33.6 Å². The molecule has 0 bridgehead atoms. The summed E-state index contributed by atoms with van der Waals surface area (Å²) in [7, 11) is 0. The first-order valence-corrected chi connectivity index (χ1v) is 5.69. The number of hydrogen-bond donors (Lipinski definition) is 2. The topological polar surface area (TPSA) is 77.8 Å². The number of carboxylic acid groups (broad SMARTS) is 2. The molecule has 18 heavy (non-hydrogen) atoms. The van der Waals surface area contributed by atoms with Crippen molar-refractivity contribution in [2.24, 2.45) is 0 Å². The van der Waals surface area contributed by atoms with Crippen LogP contribution >= 0.6 is 24.8 Å². The number of carboxylic acids is 2. The van der Waals surface area contributed by atoms with E-state index in [1.807, 2.05) is 6.92 Å². The van der Waals surface area contributed by atoms with Crippen LogP contribution in [-0.2, 0) is 9.59 Å². The Morgan fingerprint density at radius 3 is 1.61 bits per heavy atom. The van der Waals surface area contributed by atoms with Crippen LogP contribution in [-0.4, -0.2) is 45.7 Å². The molecule has 0 aromatic rings. The number of rotatable bonds is 8. The molecule has 0 fully saturated rings. The highest BCUT2D eigenvalue weighted by Gasteiger charge is 2.49. The van der Waals surface area contributed by atoms with Gasteiger partial charge >= 0.3 is 11.9 Å². The number of nitrogens with zero attached hydrogens (tertiary/aromatic N) is 1. The summed E-state index contributed by atoms with van der Waals surface area (Å²) >= 11 is 0. The fourth-order valence-corrected chi connectivity index (χ4v) is 1.93. The van der Waals surface area contributed by atoms with Crippen LogP contribution < -0.4 is 0 Å². The Morgan fingerprint density at radius 1 is 1.00 bits per heavy atom. The van der Waals surface area contributed by atoms with Gasteiger partial charge in [-0.2, -0.15) is 0 Å². The summed E-state index contributed by atoms with van der Waals surface area (Å²) in [4.78, 5) is 24.1. The molecule has 0 aliphatic carbocycles. The monoisotopic (exact) mass is 303 g/mol. The molecule has 0 aliphatic rings. The number of hydrogen-bond acceptors (Lipinski definition) is 3. The Morgan fingerprint density at radius 2 is 1.39 bits per heavy atom. The number of halogens is 2. The fraction of sp³-hybridized carbons (Fsp3) is 0.818. The molecule has 0 saturated carbocycles. The van der Waals surface area contributed by atoms with E-state index < -0.39 is 17.5 Å². The summed E-state index contributed by atoms with van der Waals surface area (Å²) in [6, 6.07) is 0. The Hall–Kier alpha value is -0.520. The molecule has 0 radical (unpaired) electrons. The SMILES string of the molecule is CCCCC(C(=O)O)(C(=O)O)N(CC)CC.Cl.Cl. The summed E-state index contributed by atoms with van der Waals surface area (Å²) in [6.07, 6.45) is 1.52. The predicted molar refractivity (Wildman–Crippen MR) is 74.9 cm³/mol. The fourth-order valence-electron chi connectivity index (χ4n) is 1.93. The molecule has 0 unspecified atom stereocenters. The molecule has 7 heteroatoms. The van der Waals surface area contributed by atoms with Crippen LogP contribution in [0.25, 0.3) is 0 Å². The Bertz CT molecular complexity index is 243. The van der Waals surface area contributed by atoms with Crippen molar-refractivity contribution in [1.82, 2.24) is 4.90 Å². The lowest BCUT2D eigenvalue weighted by atomic mass is 9.90. The molecule has 0 aromatic carbocycles. The number of likely N-dealkylation sites (N-methyl/N-ethyl adjacent to an activating group) is 1. The van der Waals surface area contributed by atoms with Gasteiger partial charge in [-0.15, -0.1) is 24.8 Å². The molecule has 110 valence electrons. The maximum atomic E-state index is 11.3. The summed E-state index contributed by atoms with van der Waals surface area (Å²) in [6.45, 7) is 6.29. The van der Waals surface area contributed by atoms with Crippen LogP contribution in [0, 0.1) is 0 Å². The Labute approximate surface area is 120 Å². The third-order valence-electron chi connectivity index (χ3n) is 2.90. The van der Waals surface area contributed by atoms with Crippen molar-refractivity contribution >= 4 is 36.8 Å². The van der Waals surface area contributed by atoms with Gasteiger partial charge in [0.1, 0.15) is 0 Å². The Kier molecular flexibility index (Phi) is 13.1. The van der Waals surface area contributed by atoms with Crippen molar-refractivity contribution in [3.05, 3.63) is 0 Å². The minimum Gasteiger partial charge on any atom is -0.479 e. The third-order valence-corrected chi connectivity index (χ3v) is 2.90. The lowest BCUT2D eigenvalue weighted by molar-refractivity contribution is -0.168. The van der Waals surface area contributed by atoms with Gasteiger partial charge in [0.05, 0.1) is 0 Å². The van der Waals surface area contributed by atoms with Crippen LogP contribution in [0.1, 0.15) is 40.0 Å². The molecule has 5 nitrogen and oxygen atoms in total. The molecule has 0 spiro atoms. The quantitative estimate of drug-likeness (QED) is 0.673. The normalized spacial score (nSPS) is 10.4. The van der Waals surface area contributed by atoms with E-state index in [0.29, 0.717) is 19.5 Å². The highest BCUT2D eigenvalue weighted by molar-refractivity contribution is 6.03. The molecular formula is C11H23Cl2NO4. The zero-order chi connectivity index (χ0) is 12.8. The van der Waals surface area contributed by atoms with Crippen molar-refractivity contribution in [2.75, 3.05) is 13.1 Å². The second-order valence-corrected chi connectivity index (χ2v) is 3.75. The Balaban J connectivity index is -0.00000112. The molecule has 0 rings (SSSR count). The van der Waals surface area contributed by atoms with Crippen LogP contribution in [0.5, 0.6) is 0 Å². The zero-order valence-electron chi connectivity index (χ0n) is 11.0. The van der Waals surface area contributed by atoms with Crippen molar-refractivity contribution < 1.29 is 19.8 Å². The highest BCUT2D eigenvalue weighted by atomic mass is 35.5. The van der Waals surface area contributed by atoms with Crippen LogP contribution in [0.4, 0.5) is 0 Å². The molecule has 0 heterocycles. The molecule has 0 amide bonds. The lowest BCUT2D eigenvalue weighted by Gasteiger charge is -2.35. The molecule has 0 aromatic heterocycles. The van der Waals surface area contributed by atoms with E-state index in [0.717, 1.165) is 6.42 Å².